The smallest absolute Gasteiger partial charge is 0.263 e. The number of rotatable bonds is 4. The Morgan fingerprint density at radius 3 is 2.75 bits per heavy atom. The summed E-state index contributed by atoms with van der Waals surface area (Å²) in [7, 11) is 1.88. The predicted octanol–water partition coefficient (Wildman–Crippen LogP) is 2.85. The van der Waals surface area contributed by atoms with Crippen molar-refractivity contribution in [2.45, 2.75) is 38.7 Å². The van der Waals surface area contributed by atoms with Crippen molar-refractivity contribution in [2.24, 2.45) is 7.05 Å². The maximum atomic E-state index is 13.0. The van der Waals surface area contributed by atoms with Gasteiger partial charge in [0.2, 0.25) is 0 Å². The lowest BCUT2D eigenvalue weighted by Crippen LogP contribution is -2.45. The molecule has 0 spiro atoms. The zero-order chi connectivity index (χ0) is 19.7. The van der Waals surface area contributed by atoms with E-state index in [2.05, 4.69) is 15.1 Å². The number of likely N-dealkylation sites (tertiary alicyclic amines) is 1. The summed E-state index contributed by atoms with van der Waals surface area (Å²) in [6.07, 6.45) is 4.76. The summed E-state index contributed by atoms with van der Waals surface area (Å²) in [5.74, 6) is 0.882. The van der Waals surface area contributed by atoms with Crippen molar-refractivity contribution in [1.82, 2.24) is 24.6 Å². The van der Waals surface area contributed by atoms with Gasteiger partial charge in [0.25, 0.3) is 5.91 Å². The van der Waals surface area contributed by atoms with E-state index in [1.54, 1.807) is 17.1 Å². The van der Waals surface area contributed by atoms with Crippen LogP contribution in [0.4, 0.5) is 0 Å². The third-order valence-electron chi connectivity index (χ3n) is 5.29. The molecule has 0 radical (unpaired) electrons. The second-order valence-electron chi connectivity index (χ2n) is 7.43. The number of ether oxygens (including phenoxy) is 1. The van der Waals surface area contributed by atoms with Gasteiger partial charge in [-0.25, -0.2) is 14.6 Å². The summed E-state index contributed by atoms with van der Waals surface area (Å²) in [5, 5.41) is 4.65. The molecule has 1 aromatic carbocycles. The molecule has 0 N–H and O–H groups in total. The highest BCUT2D eigenvalue weighted by Gasteiger charge is 2.31. The van der Waals surface area contributed by atoms with Gasteiger partial charge in [-0.2, -0.15) is 5.10 Å². The average Bonchev–Trinajstić information content (AvgIpc) is 3.06. The van der Waals surface area contributed by atoms with E-state index < -0.39 is 6.10 Å². The number of aromatic nitrogens is 4. The van der Waals surface area contributed by atoms with E-state index in [0.29, 0.717) is 12.3 Å². The van der Waals surface area contributed by atoms with Gasteiger partial charge in [0, 0.05) is 38.4 Å². The Morgan fingerprint density at radius 1 is 1.21 bits per heavy atom. The quantitative estimate of drug-likeness (QED) is 0.697. The van der Waals surface area contributed by atoms with Crippen molar-refractivity contribution >= 4 is 17.1 Å². The zero-order valence-electron chi connectivity index (χ0n) is 16.5. The first kappa shape index (κ1) is 18.4. The zero-order valence-corrected chi connectivity index (χ0v) is 16.5. The highest BCUT2D eigenvalue weighted by molar-refractivity contribution is 5.81. The van der Waals surface area contributed by atoms with E-state index in [-0.39, 0.29) is 11.8 Å². The van der Waals surface area contributed by atoms with Crippen molar-refractivity contribution in [2.75, 3.05) is 13.1 Å². The fourth-order valence-corrected chi connectivity index (χ4v) is 3.81. The number of amides is 1. The summed E-state index contributed by atoms with van der Waals surface area (Å²) in [4.78, 5) is 23.7. The van der Waals surface area contributed by atoms with Crippen LogP contribution in [-0.4, -0.2) is 49.7 Å². The molecule has 0 saturated carbocycles. The molecule has 1 aliphatic rings. The molecule has 1 amide bonds. The van der Waals surface area contributed by atoms with Gasteiger partial charge in [0.1, 0.15) is 11.3 Å². The van der Waals surface area contributed by atoms with E-state index in [0.717, 1.165) is 41.8 Å². The maximum Gasteiger partial charge on any atom is 0.263 e. The normalized spacial score (nSPS) is 18.2. The van der Waals surface area contributed by atoms with Crippen molar-refractivity contribution in [3.63, 3.8) is 0 Å². The van der Waals surface area contributed by atoms with Crippen LogP contribution in [0.25, 0.3) is 11.2 Å². The molecule has 146 valence electrons. The Morgan fingerprint density at radius 2 is 1.96 bits per heavy atom. The van der Waals surface area contributed by atoms with Crippen LogP contribution in [0.1, 0.15) is 36.9 Å². The van der Waals surface area contributed by atoms with Crippen molar-refractivity contribution in [3.05, 3.63) is 47.9 Å². The van der Waals surface area contributed by atoms with Crippen LogP contribution in [0.2, 0.25) is 0 Å². The second kappa shape index (κ2) is 7.58. The standard InChI is InChI=1S/C21H25N5O2/c1-14-6-8-17(9-7-14)28-15(2)21(27)26-12-4-5-16(13-26)18-19-20(25(3)24-18)23-11-10-22-19/h6-11,15-16H,4-5,12-13H2,1-3H3/t15-,16+/m0/s1. The molecule has 0 bridgehead atoms. The largest absolute Gasteiger partial charge is 0.481 e. The lowest BCUT2D eigenvalue weighted by atomic mass is 9.94. The molecular formula is C21H25N5O2. The van der Waals surface area contributed by atoms with E-state index in [4.69, 9.17) is 4.74 Å². The summed E-state index contributed by atoms with van der Waals surface area (Å²) >= 11 is 0. The van der Waals surface area contributed by atoms with Gasteiger partial charge >= 0.3 is 0 Å². The van der Waals surface area contributed by atoms with Gasteiger partial charge in [-0.15, -0.1) is 0 Å². The summed E-state index contributed by atoms with van der Waals surface area (Å²) in [6.45, 7) is 5.21. The minimum absolute atomic E-state index is 0.0107. The fraction of sp³-hybridized carbons (Fsp3) is 0.429. The first-order chi connectivity index (χ1) is 13.5. The SMILES string of the molecule is Cc1ccc(O[C@@H](C)C(=O)N2CCC[C@@H](c3nn(C)c4nccnc34)C2)cc1. The van der Waals surface area contributed by atoms with E-state index >= 15 is 0 Å². The second-order valence-corrected chi connectivity index (χ2v) is 7.43. The van der Waals surface area contributed by atoms with Crippen molar-refractivity contribution < 1.29 is 9.53 Å². The molecule has 2 atom stereocenters. The highest BCUT2D eigenvalue weighted by atomic mass is 16.5. The Balaban J connectivity index is 1.48. The highest BCUT2D eigenvalue weighted by Crippen LogP contribution is 2.30. The van der Waals surface area contributed by atoms with Crippen LogP contribution in [0.3, 0.4) is 0 Å². The third kappa shape index (κ3) is 3.56. The number of aryl methyl sites for hydroxylation is 2. The van der Waals surface area contributed by atoms with Gasteiger partial charge in [-0.3, -0.25) is 4.79 Å². The molecule has 28 heavy (non-hydrogen) atoms. The number of hydrogen-bond donors (Lipinski definition) is 0. The van der Waals surface area contributed by atoms with Crippen LogP contribution >= 0.6 is 0 Å². The predicted molar refractivity (Wildman–Crippen MR) is 106 cm³/mol. The average molecular weight is 379 g/mol. The Hall–Kier alpha value is -2.96. The molecule has 1 fully saturated rings. The first-order valence-electron chi connectivity index (χ1n) is 9.68. The number of hydrogen-bond acceptors (Lipinski definition) is 5. The molecule has 0 aliphatic carbocycles. The molecule has 3 heterocycles. The Bertz CT molecular complexity index is 982. The minimum Gasteiger partial charge on any atom is -0.481 e. The van der Waals surface area contributed by atoms with Gasteiger partial charge < -0.3 is 9.64 Å². The van der Waals surface area contributed by atoms with Crippen molar-refractivity contribution in [3.8, 4) is 5.75 Å². The van der Waals surface area contributed by atoms with Gasteiger partial charge in [0.05, 0.1) is 5.69 Å². The molecule has 2 aromatic heterocycles. The summed E-state index contributed by atoms with van der Waals surface area (Å²) in [6, 6.07) is 7.76. The van der Waals surface area contributed by atoms with Crippen LogP contribution in [0.5, 0.6) is 5.75 Å². The number of benzene rings is 1. The van der Waals surface area contributed by atoms with Gasteiger partial charge in [0.15, 0.2) is 11.8 Å². The van der Waals surface area contributed by atoms with Crippen molar-refractivity contribution in [1.29, 1.82) is 0 Å². The molecule has 4 rings (SSSR count). The summed E-state index contributed by atoms with van der Waals surface area (Å²) < 4.78 is 7.63. The minimum atomic E-state index is -0.526. The number of carbonyl (C=O) groups is 1. The molecular weight excluding hydrogens is 354 g/mol. The monoisotopic (exact) mass is 379 g/mol. The summed E-state index contributed by atoms with van der Waals surface area (Å²) in [5.41, 5.74) is 3.69. The van der Waals surface area contributed by atoms with Crippen LogP contribution in [0.15, 0.2) is 36.7 Å². The molecule has 7 nitrogen and oxygen atoms in total. The lowest BCUT2D eigenvalue weighted by molar-refractivity contribution is -0.139. The van der Waals surface area contributed by atoms with Crippen LogP contribution in [0, 0.1) is 6.92 Å². The topological polar surface area (TPSA) is 73.1 Å². The van der Waals surface area contributed by atoms with Gasteiger partial charge in [-0.05, 0) is 38.8 Å². The van der Waals surface area contributed by atoms with Crippen LogP contribution < -0.4 is 4.74 Å². The van der Waals surface area contributed by atoms with Crippen LogP contribution in [-0.2, 0) is 11.8 Å². The van der Waals surface area contributed by atoms with Gasteiger partial charge in [-0.1, -0.05) is 17.7 Å². The van der Waals surface area contributed by atoms with E-state index in [1.807, 2.05) is 50.1 Å². The number of fused-ring (bicyclic) bond motifs is 1. The number of piperidine rings is 1. The molecule has 1 aliphatic heterocycles. The fourth-order valence-electron chi connectivity index (χ4n) is 3.81. The number of carbonyl (C=O) groups excluding carboxylic acids is 1. The lowest BCUT2D eigenvalue weighted by Gasteiger charge is -2.33. The first-order valence-corrected chi connectivity index (χ1v) is 9.68. The Kier molecular flexibility index (Phi) is 4.98. The van der Waals surface area contributed by atoms with E-state index in [1.165, 1.54) is 0 Å². The maximum absolute atomic E-state index is 13.0. The molecule has 3 aromatic rings. The molecule has 0 unspecified atom stereocenters. The third-order valence-corrected chi connectivity index (χ3v) is 5.29. The van der Waals surface area contributed by atoms with E-state index in [9.17, 15) is 4.79 Å². The molecule has 7 heteroatoms. The number of nitrogens with zero attached hydrogens (tertiary/aromatic N) is 5. The Labute approximate surface area is 164 Å². The molecule has 1 saturated heterocycles.